The van der Waals surface area contributed by atoms with E-state index >= 15 is 0 Å². The van der Waals surface area contributed by atoms with E-state index in [1.807, 2.05) is 23.1 Å². The molecular formula is C17H25N3O2S. The van der Waals surface area contributed by atoms with Gasteiger partial charge in [-0.1, -0.05) is 12.1 Å². The smallest absolute Gasteiger partial charge is 0.319 e. The Kier molecular flexibility index (Phi) is 6.33. The number of anilines is 1. The van der Waals surface area contributed by atoms with E-state index in [4.69, 9.17) is 0 Å². The zero-order valence-corrected chi connectivity index (χ0v) is 14.9. The van der Waals surface area contributed by atoms with Crippen molar-refractivity contribution in [2.75, 3.05) is 38.8 Å². The Balaban J connectivity index is 1.88. The highest BCUT2D eigenvalue weighted by Gasteiger charge is 2.27. The summed E-state index contributed by atoms with van der Waals surface area (Å²) in [5, 5.41) is 3.02. The van der Waals surface area contributed by atoms with Gasteiger partial charge in [0.25, 0.3) is 0 Å². The molecule has 0 saturated carbocycles. The van der Waals surface area contributed by atoms with Crippen LogP contribution in [0.1, 0.15) is 18.4 Å². The third-order valence-electron chi connectivity index (χ3n) is 4.02. The van der Waals surface area contributed by atoms with Crippen molar-refractivity contribution in [2.45, 2.75) is 18.6 Å². The maximum atomic E-state index is 12.4. The minimum atomic E-state index is -0.0228. The van der Waals surface area contributed by atoms with Crippen LogP contribution in [0.2, 0.25) is 0 Å². The number of hydrogen-bond donors (Lipinski definition) is 1. The number of carbonyl (C=O) groups excluding carboxylic acids is 2. The van der Waals surface area contributed by atoms with Crippen LogP contribution in [0.15, 0.2) is 24.3 Å². The van der Waals surface area contributed by atoms with Crippen molar-refractivity contribution in [3.8, 4) is 0 Å². The van der Waals surface area contributed by atoms with Crippen LogP contribution in [0.3, 0.4) is 0 Å². The first kappa shape index (κ1) is 17.7. The van der Waals surface area contributed by atoms with Crippen molar-refractivity contribution in [1.29, 1.82) is 0 Å². The van der Waals surface area contributed by atoms with E-state index in [-0.39, 0.29) is 17.9 Å². The quantitative estimate of drug-likeness (QED) is 0.920. The normalized spacial score (nSPS) is 15.3. The van der Waals surface area contributed by atoms with Gasteiger partial charge in [0.1, 0.15) is 0 Å². The van der Waals surface area contributed by atoms with Gasteiger partial charge in [-0.15, -0.1) is 0 Å². The van der Waals surface area contributed by atoms with E-state index in [1.165, 1.54) is 5.56 Å². The molecular weight excluding hydrogens is 310 g/mol. The molecule has 0 aromatic heterocycles. The molecule has 1 aromatic rings. The predicted molar refractivity (Wildman–Crippen MR) is 95.7 cm³/mol. The molecule has 1 fully saturated rings. The molecule has 1 saturated heterocycles. The van der Waals surface area contributed by atoms with Crippen molar-refractivity contribution in [2.24, 2.45) is 5.92 Å². The molecule has 0 aliphatic carbocycles. The number of thioether (sulfide) groups is 1. The fourth-order valence-corrected chi connectivity index (χ4v) is 3.28. The average Bonchev–Trinajstić information content (AvgIpc) is 2.55. The molecule has 23 heavy (non-hydrogen) atoms. The van der Waals surface area contributed by atoms with Crippen LogP contribution < -0.4 is 5.32 Å². The maximum Gasteiger partial charge on any atom is 0.319 e. The lowest BCUT2D eigenvalue weighted by Crippen LogP contribution is -2.45. The summed E-state index contributed by atoms with van der Waals surface area (Å²) in [5.41, 5.74) is 2.06. The van der Waals surface area contributed by atoms with Gasteiger partial charge in [-0.3, -0.25) is 4.79 Å². The molecule has 1 aliphatic heterocycles. The maximum absolute atomic E-state index is 12.4. The number of amides is 3. The van der Waals surface area contributed by atoms with Crippen LogP contribution in [0.25, 0.3) is 0 Å². The van der Waals surface area contributed by atoms with E-state index in [9.17, 15) is 9.59 Å². The number of piperidine rings is 1. The highest BCUT2D eigenvalue weighted by Crippen LogP contribution is 2.21. The minimum Gasteiger partial charge on any atom is -0.331 e. The number of rotatable bonds is 4. The van der Waals surface area contributed by atoms with Crippen LogP contribution in [-0.2, 0) is 10.5 Å². The first-order chi connectivity index (χ1) is 11.0. The molecule has 1 N–H and O–H groups in total. The molecule has 1 aliphatic rings. The molecule has 6 heteroatoms. The molecule has 2 rings (SSSR count). The van der Waals surface area contributed by atoms with E-state index < -0.39 is 0 Å². The number of nitrogens with zero attached hydrogens (tertiary/aromatic N) is 2. The van der Waals surface area contributed by atoms with E-state index in [2.05, 4.69) is 17.6 Å². The summed E-state index contributed by atoms with van der Waals surface area (Å²) < 4.78 is 0. The van der Waals surface area contributed by atoms with Crippen LogP contribution >= 0.6 is 11.8 Å². The summed E-state index contributed by atoms with van der Waals surface area (Å²) in [6.45, 7) is 1.28. The van der Waals surface area contributed by atoms with Crippen LogP contribution in [0.4, 0.5) is 10.5 Å². The summed E-state index contributed by atoms with van der Waals surface area (Å²) >= 11 is 1.76. The Labute approximate surface area is 142 Å². The van der Waals surface area contributed by atoms with Crippen molar-refractivity contribution in [3.63, 3.8) is 0 Å². The first-order valence-corrected chi connectivity index (χ1v) is 9.25. The second-order valence-electron chi connectivity index (χ2n) is 6.06. The Morgan fingerprint density at radius 3 is 2.61 bits per heavy atom. The molecule has 0 atom stereocenters. The number of likely N-dealkylation sites (tertiary alicyclic amines) is 1. The zero-order chi connectivity index (χ0) is 16.8. The second kappa shape index (κ2) is 8.24. The van der Waals surface area contributed by atoms with Gasteiger partial charge in [0, 0.05) is 44.5 Å². The molecule has 0 radical (unpaired) electrons. The Morgan fingerprint density at radius 2 is 2.00 bits per heavy atom. The number of urea groups is 1. The van der Waals surface area contributed by atoms with Gasteiger partial charge >= 0.3 is 6.03 Å². The van der Waals surface area contributed by atoms with Gasteiger partial charge in [0.15, 0.2) is 0 Å². The lowest BCUT2D eigenvalue weighted by Gasteiger charge is -2.33. The van der Waals surface area contributed by atoms with Crippen molar-refractivity contribution < 1.29 is 9.59 Å². The van der Waals surface area contributed by atoms with Crippen molar-refractivity contribution >= 4 is 29.4 Å². The fourth-order valence-electron chi connectivity index (χ4n) is 2.77. The van der Waals surface area contributed by atoms with E-state index in [1.54, 1.807) is 30.8 Å². The van der Waals surface area contributed by atoms with Gasteiger partial charge in [0.2, 0.25) is 5.91 Å². The van der Waals surface area contributed by atoms with Gasteiger partial charge < -0.3 is 15.1 Å². The summed E-state index contributed by atoms with van der Waals surface area (Å²) in [5.74, 6) is 0.975. The highest BCUT2D eigenvalue weighted by atomic mass is 32.2. The van der Waals surface area contributed by atoms with Crippen molar-refractivity contribution in [1.82, 2.24) is 9.80 Å². The number of nitrogens with one attached hydrogen (secondary N) is 1. The van der Waals surface area contributed by atoms with Gasteiger partial charge in [-0.25, -0.2) is 4.79 Å². The summed E-state index contributed by atoms with van der Waals surface area (Å²) in [6.07, 6.45) is 3.50. The SMILES string of the molecule is CSCc1cccc(NC(=O)C2CCN(C(=O)N(C)C)CC2)c1. The topological polar surface area (TPSA) is 52.7 Å². The minimum absolute atomic E-state index is 0.0219. The second-order valence-corrected chi connectivity index (χ2v) is 6.93. The lowest BCUT2D eigenvalue weighted by atomic mass is 9.96. The summed E-state index contributed by atoms with van der Waals surface area (Å²) in [4.78, 5) is 27.7. The Morgan fingerprint density at radius 1 is 1.30 bits per heavy atom. The molecule has 0 spiro atoms. The fraction of sp³-hybridized carbons (Fsp3) is 0.529. The van der Waals surface area contributed by atoms with Crippen LogP contribution in [-0.4, -0.2) is 55.2 Å². The number of carbonyl (C=O) groups is 2. The summed E-state index contributed by atoms with van der Waals surface area (Å²) in [7, 11) is 3.51. The van der Waals surface area contributed by atoms with Crippen LogP contribution in [0, 0.1) is 5.92 Å². The number of benzene rings is 1. The molecule has 3 amide bonds. The van der Waals surface area contributed by atoms with E-state index in [0.29, 0.717) is 13.1 Å². The van der Waals surface area contributed by atoms with Crippen molar-refractivity contribution in [3.05, 3.63) is 29.8 Å². The van der Waals surface area contributed by atoms with Gasteiger partial charge in [0.05, 0.1) is 0 Å². The largest absolute Gasteiger partial charge is 0.331 e. The van der Waals surface area contributed by atoms with Gasteiger partial charge in [-0.05, 0) is 36.8 Å². The Bertz CT molecular complexity index is 555. The monoisotopic (exact) mass is 335 g/mol. The molecule has 126 valence electrons. The molecule has 1 aromatic carbocycles. The lowest BCUT2D eigenvalue weighted by molar-refractivity contribution is -0.121. The molecule has 0 bridgehead atoms. The number of hydrogen-bond acceptors (Lipinski definition) is 3. The first-order valence-electron chi connectivity index (χ1n) is 7.86. The highest BCUT2D eigenvalue weighted by molar-refractivity contribution is 7.97. The summed E-state index contributed by atoms with van der Waals surface area (Å²) in [6, 6.07) is 8.01. The molecule has 1 heterocycles. The van der Waals surface area contributed by atoms with Crippen LogP contribution in [0.5, 0.6) is 0 Å². The predicted octanol–water partition coefficient (Wildman–Crippen LogP) is 2.88. The third-order valence-corrected chi connectivity index (χ3v) is 4.65. The molecule has 0 unspecified atom stereocenters. The third kappa shape index (κ3) is 4.89. The van der Waals surface area contributed by atoms with E-state index in [0.717, 1.165) is 24.3 Å². The van der Waals surface area contributed by atoms with Gasteiger partial charge in [-0.2, -0.15) is 11.8 Å². The standard InChI is InChI=1S/C17H25N3O2S/c1-19(2)17(22)20-9-7-14(8-10-20)16(21)18-15-6-4-5-13(11-15)12-23-3/h4-6,11,14H,7-10,12H2,1-3H3,(H,18,21). The zero-order valence-electron chi connectivity index (χ0n) is 14.0. The molecule has 5 nitrogen and oxygen atoms in total. The average molecular weight is 335 g/mol. The Hall–Kier alpha value is -1.69.